The summed E-state index contributed by atoms with van der Waals surface area (Å²) in [7, 11) is -3.73. The molecule has 0 amide bonds. The monoisotopic (exact) mass is 399 g/mol. The smallest absolute Gasteiger partial charge is 0.207 e. The largest absolute Gasteiger partial charge is 0.246 e. The zero-order chi connectivity index (χ0) is 13.3. The Labute approximate surface area is 123 Å². The summed E-state index contributed by atoms with van der Waals surface area (Å²) in [4.78, 5) is -0.119. The maximum absolute atomic E-state index is 13.8. The van der Waals surface area contributed by atoms with E-state index in [9.17, 15) is 12.8 Å². The number of hydrogen-bond donors (Lipinski definition) is 0. The van der Waals surface area contributed by atoms with E-state index in [1.165, 1.54) is 22.5 Å². The van der Waals surface area contributed by atoms with Crippen molar-refractivity contribution in [3.8, 4) is 0 Å². The molecule has 1 aromatic rings. The van der Waals surface area contributed by atoms with E-state index in [2.05, 4.69) is 31.9 Å². The predicted molar refractivity (Wildman–Crippen MR) is 74.8 cm³/mol. The molecule has 100 valence electrons. The summed E-state index contributed by atoms with van der Waals surface area (Å²) in [5, 5.41) is 0. The average molecular weight is 401 g/mol. The fourth-order valence-electron chi connectivity index (χ4n) is 1.93. The maximum atomic E-state index is 13.8. The summed E-state index contributed by atoms with van der Waals surface area (Å²) in [5.41, 5.74) is 0. The number of hydrogen-bond acceptors (Lipinski definition) is 2. The molecule has 3 nitrogen and oxygen atoms in total. The number of benzene rings is 1. The van der Waals surface area contributed by atoms with E-state index < -0.39 is 15.8 Å². The fourth-order valence-corrected chi connectivity index (χ4v) is 4.70. The van der Waals surface area contributed by atoms with Gasteiger partial charge in [0.1, 0.15) is 10.7 Å². The quantitative estimate of drug-likeness (QED) is 0.715. The van der Waals surface area contributed by atoms with Crippen LogP contribution in [0.4, 0.5) is 4.39 Å². The van der Waals surface area contributed by atoms with Gasteiger partial charge in [-0.25, -0.2) is 12.8 Å². The highest BCUT2D eigenvalue weighted by Crippen LogP contribution is 2.26. The van der Waals surface area contributed by atoms with E-state index in [0.717, 1.165) is 12.8 Å². The average Bonchev–Trinajstić information content (AvgIpc) is 2.28. The third-order valence-corrected chi connectivity index (χ3v) is 5.98. The molecule has 7 heteroatoms. The summed E-state index contributed by atoms with van der Waals surface area (Å²) >= 11 is 6.53. The van der Waals surface area contributed by atoms with E-state index in [1.807, 2.05) is 0 Å². The summed E-state index contributed by atoms with van der Waals surface area (Å²) in [6, 6.07) is 4.00. The van der Waals surface area contributed by atoms with Gasteiger partial charge in [0.15, 0.2) is 0 Å². The summed E-state index contributed by atoms with van der Waals surface area (Å²) in [5.74, 6) is -0.721. The minimum Gasteiger partial charge on any atom is -0.207 e. The van der Waals surface area contributed by atoms with Crippen molar-refractivity contribution in [1.82, 2.24) is 4.31 Å². The maximum Gasteiger partial charge on any atom is 0.246 e. The lowest BCUT2D eigenvalue weighted by Crippen LogP contribution is -2.40. The third kappa shape index (κ3) is 2.95. The van der Waals surface area contributed by atoms with E-state index in [1.54, 1.807) is 0 Å². The lowest BCUT2D eigenvalue weighted by Gasteiger charge is -2.29. The second-order valence-corrected chi connectivity index (χ2v) is 8.29. The topological polar surface area (TPSA) is 37.4 Å². The molecule has 0 aromatic heterocycles. The molecule has 1 aliphatic rings. The molecule has 0 aliphatic carbocycles. The number of alkyl halides is 1. The zero-order valence-electron chi connectivity index (χ0n) is 9.44. The summed E-state index contributed by atoms with van der Waals surface area (Å²) in [6.45, 7) is 0.831. The number of piperidine rings is 1. The van der Waals surface area contributed by atoms with Crippen molar-refractivity contribution in [2.24, 2.45) is 0 Å². The van der Waals surface area contributed by atoms with Gasteiger partial charge in [-0.05, 0) is 31.0 Å². The van der Waals surface area contributed by atoms with Crippen molar-refractivity contribution >= 4 is 41.9 Å². The summed E-state index contributed by atoms with van der Waals surface area (Å²) in [6.07, 6.45) is 1.72. The van der Waals surface area contributed by atoms with Crippen LogP contribution in [0.5, 0.6) is 0 Å². The highest BCUT2D eigenvalue weighted by Gasteiger charge is 2.31. The van der Waals surface area contributed by atoms with E-state index in [4.69, 9.17) is 0 Å². The van der Waals surface area contributed by atoms with E-state index in [-0.39, 0.29) is 9.72 Å². The Morgan fingerprint density at radius 1 is 1.39 bits per heavy atom. The zero-order valence-corrected chi connectivity index (χ0v) is 13.4. The van der Waals surface area contributed by atoms with Gasteiger partial charge in [-0.1, -0.05) is 31.9 Å². The lowest BCUT2D eigenvalue weighted by molar-refractivity contribution is 0.354. The number of halogens is 3. The minimum atomic E-state index is -3.73. The van der Waals surface area contributed by atoms with Crippen LogP contribution in [0, 0.1) is 5.82 Å². The van der Waals surface area contributed by atoms with Crippen LogP contribution >= 0.6 is 31.9 Å². The minimum absolute atomic E-state index is 0.138. The SMILES string of the molecule is O=S(=O)(c1ccc(Br)cc1F)N1CCCC(Br)C1. The Balaban J connectivity index is 2.35. The van der Waals surface area contributed by atoms with Gasteiger partial charge in [0, 0.05) is 22.4 Å². The number of sulfonamides is 1. The van der Waals surface area contributed by atoms with Gasteiger partial charge >= 0.3 is 0 Å². The molecular weight excluding hydrogens is 389 g/mol. The molecule has 1 heterocycles. The molecule has 0 spiro atoms. The Bertz CT molecular complexity index is 550. The van der Waals surface area contributed by atoms with Gasteiger partial charge in [0.2, 0.25) is 10.0 Å². The van der Waals surface area contributed by atoms with Crippen LogP contribution in [-0.2, 0) is 10.0 Å². The van der Waals surface area contributed by atoms with Crippen LogP contribution in [-0.4, -0.2) is 30.6 Å². The Morgan fingerprint density at radius 2 is 2.11 bits per heavy atom. The first kappa shape index (κ1) is 14.4. The molecule has 0 bridgehead atoms. The highest BCUT2D eigenvalue weighted by atomic mass is 79.9. The Hall–Kier alpha value is 0.0200. The van der Waals surface area contributed by atoms with Crippen molar-refractivity contribution in [3.05, 3.63) is 28.5 Å². The van der Waals surface area contributed by atoms with Gasteiger partial charge in [-0.3, -0.25) is 0 Å². The lowest BCUT2D eigenvalue weighted by atomic mass is 10.2. The third-order valence-electron chi connectivity index (χ3n) is 2.84. The summed E-state index contributed by atoms with van der Waals surface area (Å²) < 4.78 is 40.2. The predicted octanol–water partition coefficient (Wildman–Crippen LogP) is 3.14. The standard InChI is InChI=1S/C11H12Br2FNO2S/c12-8-3-4-11(10(14)6-8)18(16,17)15-5-1-2-9(13)7-15/h3-4,6,9H,1-2,5,7H2. The van der Waals surface area contributed by atoms with Gasteiger partial charge in [0.05, 0.1) is 0 Å². The highest BCUT2D eigenvalue weighted by molar-refractivity contribution is 9.10. The van der Waals surface area contributed by atoms with Crippen LogP contribution < -0.4 is 0 Å². The normalized spacial score (nSPS) is 22.1. The van der Waals surface area contributed by atoms with Crippen LogP contribution in [0.25, 0.3) is 0 Å². The second-order valence-electron chi connectivity index (χ2n) is 4.18. The van der Waals surface area contributed by atoms with Crippen molar-refractivity contribution in [3.63, 3.8) is 0 Å². The van der Waals surface area contributed by atoms with Crippen LogP contribution in [0.2, 0.25) is 0 Å². The second kappa shape index (κ2) is 5.56. The molecule has 1 aliphatic heterocycles. The first-order valence-corrected chi connectivity index (χ1v) is 8.65. The Kier molecular flexibility index (Phi) is 4.46. The molecule has 1 fully saturated rings. The first-order valence-electron chi connectivity index (χ1n) is 5.50. The van der Waals surface area contributed by atoms with E-state index >= 15 is 0 Å². The van der Waals surface area contributed by atoms with Crippen LogP contribution in [0.15, 0.2) is 27.6 Å². The molecule has 0 saturated carbocycles. The first-order chi connectivity index (χ1) is 8.41. The molecule has 18 heavy (non-hydrogen) atoms. The molecule has 1 unspecified atom stereocenters. The molecular formula is C11H12Br2FNO2S. The number of nitrogens with zero attached hydrogens (tertiary/aromatic N) is 1. The molecule has 1 atom stereocenters. The fraction of sp³-hybridized carbons (Fsp3) is 0.455. The van der Waals surface area contributed by atoms with Gasteiger partial charge in [-0.2, -0.15) is 4.31 Å². The van der Waals surface area contributed by atoms with Gasteiger partial charge in [-0.15, -0.1) is 0 Å². The molecule has 1 aromatic carbocycles. The van der Waals surface area contributed by atoms with Gasteiger partial charge in [0.25, 0.3) is 0 Å². The Morgan fingerprint density at radius 3 is 2.72 bits per heavy atom. The molecule has 1 saturated heterocycles. The van der Waals surface area contributed by atoms with Crippen LogP contribution in [0.3, 0.4) is 0 Å². The van der Waals surface area contributed by atoms with Crippen molar-refractivity contribution in [2.45, 2.75) is 22.6 Å². The molecule has 0 N–H and O–H groups in total. The van der Waals surface area contributed by atoms with Crippen molar-refractivity contribution in [2.75, 3.05) is 13.1 Å². The van der Waals surface area contributed by atoms with Crippen molar-refractivity contribution < 1.29 is 12.8 Å². The van der Waals surface area contributed by atoms with Gasteiger partial charge < -0.3 is 0 Å². The van der Waals surface area contributed by atoms with Crippen molar-refractivity contribution in [1.29, 1.82) is 0 Å². The molecule has 2 rings (SSSR count). The van der Waals surface area contributed by atoms with Crippen LogP contribution in [0.1, 0.15) is 12.8 Å². The number of rotatable bonds is 2. The molecule has 0 radical (unpaired) electrons. The van der Waals surface area contributed by atoms with E-state index in [0.29, 0.717) is 17.6 Å².